The zero-order valence-electron chi connectivity index (χ0n) is 10.6. The molecule has 1 heterocycles. The van der Waals surface area contributed by atoms with Crippen molar-refractivity contribution in [2.45, 2.75) is 20.0 Å². The maximum Gasteiger partial charge on any atom is 0.125 e. The molecule has 0 fully saturated rings. The van der Waals surface area contributed by atoms with Crippen molar-refractivity contribution in [3.63, 3.8) is 0 Å². The summed E-state index contributed by atoms with van der Waals surface area (Å²) in [5.41, 5.74) is 2.47. The number of benzene rings is 1. The van der Waals surface area contributed by atoms with E-state index in [4.69, 9.17) is 4.74 Å². The number of hydrogen-bond acceptors (Lipinski definition) is 3. The van der Waals surface area contributed by atoms with Crippen LogP contribution in [0.1, 0.15) is 29.8 Å². The molecule has 3 heteroatoms. The Kier molecular flexibility index (Phi) is 3.95. The molecule has 94 valence electrons. The van der Waals surface area contributed by atoms with Crippen molar-refractivity contribution in [3.8, 4) is 5.75 Å². The van der Waals surface area contributed by atoms with Crippen LogP contribution in [0.15, 0.2) is 42.6 Å². The molecular weight excluding hydrogens is 226 g/mol. The van der Waals surface area contributed by atoms with Gasteiger partial charge in [0, 0.05) is 11.8 Å². The lowest BCUT2D eigenvalue weighted by Crippen LogP contribution is -2.05. The first kappa shape index (κ1) is 12.6. The number of aliphatic hydroxyl groups is 1. The van der Waals surface area contributed by atoms with Crippen molar-refractivity contribution in [1.82, 2.24) is 4.98 Å². The van der Waals surface area contributed by atoms with Gasteiger partial charge in [0.2, 0.25) is 0 Å². The zero-order chi connectivity index (χ0) is 13.0. The van der Waals surface area contributed by atoms with Crippen LogP contribution in [0.2, 0.25) is 0 Å². The van der Waals surface area contributed by atoms with Gasteiger partial charge < -0.3 is 9.84 Å². The van der Waals surface area contributed by atoms with Crippen molar-refractivity contribution in [2.75, 3.05) is 6.61 Å². The van der Waals surface area contributed by atoms with Gasteiger partial charge in [0.15, 0.2) is 0 Å². The summed E-state index contributed by atoms with van der Waals surface area (Å²) in [6, 6.07) is 11.3. The predicted molar refractivity (Wildman–Crippen MR) is 70.6 cm³/mol. The SMILES string of the molecule is CCOc1ccccc1C(O)c1cc(C)ccn1. The van der Waals surface area contributed by atoms with Crippen LogP contribution in [0.3, 0.4) is 0 Å². The third kappa shape index (κ3) is 2.68. The van der Waals surface area contributed by atoms with E-state index in [9.17, 15) is 5.11 Å². The minimum Gasteiger partial charge on any atom is -0.493 e. The summed E-state index contributed by atoms with van der Waals surface area (Å²) in [6.45, 7) is 4.48. The Balaban J connectivity index is 2.36. The second kappa shape index (κ2) is 5.65. The molecule has 2 rings (SSSR count). The third-order valence-corrected chi connectivity index (χ3v) is 2.73. The summed E-state index contributed by atoms with van der Waals surface area (Å²) >= 11 is 0. The first-order valence-electron chi connectivity index (χ1n) is 6.04. The molecule has 1 atom stereocenters. The van der Waals surface area contributed by atoms with E-state index in [2.05, 4.69) is 4.98 Å². The van der Waals surface area contributed by atoms with Gasteiger partial charge in [0.05, 0.1) is 12.3 Å². The number of rotatable bonds is 4. The van der Waals surface area contributed by atoms with Crippen molar-refractivity contribution in [1.29, 1.82) is 0 Å². The van der Waals surface area contributed by atoms with Crippen LogP contribution >= 0.6 is 0 Å². The van der Waals surface area contributed by atoms with Crippen LogP contribution in [-0.4, -0.2) is 16.7 Å². The standard InChI is InChI=1S/C15H17NO2/c1-3-18-14-7-5-4-6-12(14)15(17)13-10-11(2)8-9-16-13/h4-10,15,17H,3H2,1-2H3. The lowest BCUT2D eigenvalue weighted by molar-refractivity contribution is 0.207. The van der Waals surface area contributed by atoms with Gasteiger partial charge in [-0.05, 0) is 37.6 Å². The molecule has 0 saturated carbocycles. The topological polar surface area (TPSA) is 42.4 Å². The van der Waals surface area contributed by atoms with E-state index >= 15 is 0 Å². The molecular formula is C15H17NO2. The van der Waals surface area contributed by atoms with E-state index < -0.39 is 6.10 Å². The van der Waals surface area contributed by atoms with Gasteiger partial charge in [-0.25, -0.2) is 0 Å². The summed E-state index contributed by atoms with van der Waals surface area (Å²) < 4.78 is 5.52. The monoisotopic (exact) mass is 243 g/mol. The Hall–Kier alpha value is -1.87. The van der Waals surface area contributed by atoms with E-state index in [1.807, 2.05) is 50.2 Å². The molecule has 0 aliphatic rings. The Morgan fingerprint density at radius 2 is 2.06 bits per heavy atom. The van der Waals surface area contributed by atoms with Crippen molar-refractivity contribution in [2.24, 2.45) is 0 Å². The smallest absolute Gasteiger partial charge is 0.125 e. The van der Waals surface area contributed by atoms with Gasteiger partial charge in [0.25, 0.3) is 0 Å². The molecule has 1 aromatic heterocycles. The second-order valence-electron chi connectivity index (χ2n) is 4.13. The van der Waals surface area contributed by atoms with Crippen molar-refractivity contribution < 1.29 is 9.84 Å². The van der Waals surface area contributed by atoms with Gasteiger partial charge in [-0.2, -0.15) is 0 Å². The van der Waals surface area contributed by atoms with Gasteiger partial charge in [0.1, 0.15) is 11.9 Å². The molecule has 0 amide bonds. The molecule has 0 aliphatic carbocycles. The maximum absolute atomic E-state index is 10.4. The number of ether oxygens (including phenoxy) is 1. The molecule has 0 saturated heterocycles. The zero-order valence-corrected chi connectivity index (χ0v) is 10.6. The largest absolute Gasteiger partial charge is 0.493 e. The van der Waals surface area contributed by atoms with E-state index in [1.165, 1.54) is 0 Å². The van der Waals surface area contributed by atoms with E-state index in [0.717, 1.165) is 11.1 Å². The molecule has 2 aromatic rings. The van der Waals surface area contributed by atoms with Gasteiger partial charge in [-0.15, -0.1) is 0 Å². The number of para-hydroxylation sites is 1. The molecule has 1 unspecified atom stereocenters. The summed E-state index contributed by atoms with van der Waals surface area (Å²) in [5.74, 6) is 0.704. The number of aryl methyl sites for hydroxylation is 1. The van der Waals surface area contributed by atoms with Crippen LogP contribution in [-0.2, 0) is 0 Å². The fraction of sp³-hybridized carbons (Fsp3) is 0.267. The Labute approximate surface area is 107 Å². The summed E-state index contributed by atoms with van der Waals surface area (Å²) in [6.07, 6.45) is 0.949. The minimum absolute atomic E-state index is 0.574. The highest BCUT2D eigenvalue weighted by atomic mass is 16.5. The minimum atomic E-state index is -0.757. The Morgan fingerprint density at radius 1 is 1.28 bits per heavy atom. The van der Waals surface area contributed by atoms with Gasteiger partial charge >= 0.3 is 0 Å². The Morgan fingerprint density at radius 3 is 2.78 bits per heavy atom. The normalized spacial score (nSPS) is 12.2. The number of hydrogen-bond donors (Lipinski definition) is 1. The average Bonchev–Trinajstić information content (AvgIpc) is 2.39. The number of aromatic nitrogens is 1. The summed E-state index contributed by atoms with van der Waals surface area (Å²) in [5, 5.41) is 10.4. The number of nitrogens with zero attached hydrogens (tertiary/aromatic N) is 1. The van der Waals surface area contributed by atoms with Crippen molar-refractivity contribution >= 4 is 0 Å². The number of pyridine rings is 1. The lowest BCUT2D eigenvalue weighted by atomic mass is 10.0. The molecule has 1 N–H and O–H groups in total. The molecule has 0 radical (unpaired) electrons. The highest BCUT2D eigenvalue weighted by molar-refractivity contribution is 5.39. The molecule has 0 aliphatic heterocycles. The Bertz CT molecular complexity index is 525. The first-order chi connectivity index (χ1) is 8.72. The average molecular weight is 243 g/mol. The molecule has 1 aromatic carbocycles. The van der Waals surface area contributed by atoms with Crippen LogP contribution in [0, 0.1) is 6.92 Å². The molecule has 18 heavy (non-hydrogen) atoms. The van der Waals surface area contributed by atoms with Crippen LogP contribution in [0.25, 0.3) is 0 Å². The number of aliphatic hydroxyl groups excluding tert-OH is 1. The highest BCUT2D eigenvalue weighted by Gasteiger charge is 2.16. The highest BCUT2D eigenvalue weighted by Crippen LogP contribution is 2.29. The first-order valence-corrected chi connectivity index (χ1v) is 6.04. The fourth-order valence-electron chi connectivity index (χ4n) is 1.86. The van der Waals surface area contributed by atoms with Crippen molar-refractivity contribution in [3.05, 3.63) is 59.4 Å². The van der Waals surface area contributed by atoms with Crippen LogP contribution in [0.5, 0.6) is 5.75 Å². The van der Waals surface area contributed by atoms with E-state index in [1.54, 1.807) is 6.20 Å². The van der Waals surface area contributed by atoms with E-state index in [-0.39, 0.29) is 0 Å². The summed E-state index contributed by atoms with van der Waals surface area (Å²) in [7, 11) is 0. The summed E-state index contributed by atoms with van der Waals surface area (Å²) in [4.78, 5) is 4.21. The van der Waals surface area contributed by atoms with Crippen LogP contribution in [0.4, 0.5) is 0 Å². The predicted octanol–water partition coefficient (Wildman–Crippen LogP) is 2.87. The fourth-order valence-corrected chi connectivity index (χ4v) is 1.86. The van der Waals surface area contributed by atoms with Gasteiger partial charge in [-0.3, -0.25) is 4.98 Å². The third-order valence-electron chi connectivity index (χ3n) is 2.73. The molecule has 3 nitrogen and oxygen atoms in total. The maximum atomic E-state index is 10.4. The quantitative estimate of drug-likeness (QED) is 0.897. The van der Waals surface area contributed by atoms with E-state index in [0.29, 0.717) is 18.1 Å². The van der Waals surface area contributed by atoms with Gasteiger partial charge in [-0.1, -0.05) is 18.2 Å². The lowest BCUT2D eigenvalue weighted by Gasteiger charge is -2.15. The molecule has 0 bridgehead atoms. The van der Waals surface area contributed by atoms with Crippen LogP contribution < -0.4 is 4.74 Å². The second-order valence-corrected chi connectivity index (χ2v) is 4.13. The molecule has 0 spiro atoms.